The number of ether oxygens (including phenoxy) is 1. The van der Waals surface area contributed by atoms with E-state index >= 15 is 0 Å². The van der Waals surface area contributed by atoms with Crippen molar-refractivity contribution in [1.29, 1.82) is 0 Å². The van der Waals surface area contributed by atoms with E-state index in [0.29, 0.717) is 6.04 Å². The van der Waals surface area contributed by atoms with Crippen LogP contribution >= 0.6 is 0 Å². The van der Waals surface area contributed by atoms with Gasteiger partial charge in [0.1, 0.15) is 0 Å². The van der Waals surface area contributed by atoms with E-state index in [-0.39, 0.29) is 5.60 Å². The molecule has 0 bridgehead atoms. The molecule has 0 amide bonds. The monoisotopic (exact) mass is 275 g/mol. The number of methoxy groups -OCH3 is 1. The maximum atomic E-state index is 6.05. The van der Waals surface area contributed by atoms with Gasteiger partial charge in [0, 0.05) is 13.2 Å². The van der Waals surface area contributed by atoms with E-state index in [2.05, 4.69) is 49.5 Å². The van der Waals surface area contributed by atoms with Gasteiger partial charge in [0.15, 0.2) is 0 Å². The van der Waals surface area contributed by atoms with E-state index < -0.39 is 0 Å². The number of benzene rings is 1. The van der Waals surface area contributed by atoms with E-state index in [9.17, 15) is 0 Å². The Morgan fingerprint density at radius 3 is 2.45 bits per heavy atom. The zero-order valence-corrected chi connectivity index (χ0v) is 13.2. The summed E-state index contributed by atoms with van der Waals surface area (Å²) >= 11 is 0. The molecule has 1 aromatic carbocycles. The molecule has 1 aliphatic carbocycles. The second-order valence-electron chi connectivity index (χ2n) is 6.25. The Labute approximate surface area is 123 Å². The van der Waals surface area contributed by atoms with Crippen LogP contribution in [0.3, 0.4) is 0 Å². The Morgan fingerprint density at radius 2 is 1.90 bits per heavy atom. The summed E-state index contributed by atoms with van der Waals surface area (Å²) in [6, 6.07) is 11.2. The summed E-state index contributed by atoms with van der Waals surface area (Å²) in [4.78, 5) is 0. The molecule has 1 N–H and O–H groups in total. The van der Waals surface area contributed by atoms with Crippen LogP contribution in [-0.2, 0) is 11.2 Å². The van der Waals surface area contributed by atoms with Crippen LogP contribution in [0.5, 0.6) is 0 Å². The molecule has 0 heterocycles. The lowest BCUT2D eigenvalue weighted by molar-refractivity contribution is -0.0742. The standard InChI is InChI=1S/C18H29NO/c1-4-19-17(14-16-8-6-5-7-9-16)18(20-3)12-10-15(2)11-13-18/h5-9,15,17,19H,4,10-14H2,1-3H3. The minimum absolute atomic E-state index is 0.0123. The predicted octanol–water partition coefficient (Wildman–Crippen LogP) is 3.80. The van der Waals surface area contributed by atoms with Gasteiger partial charge in [0.05, 0.1) is 5.60 Å². The third-order valence-electron chi connectivity index (χ3n) is 4.90. The molecule has 1 atom stereocenters. The van der Waals surface area contributed by atoms with Gasteiger partial charge in [0.2, 0.25) is 0 Å². The average molecular weight is 275 g/mol. The van der Waals surface area contributed by atoms with Gasteiger partial charge in [-0.1, -0.05) is 44.2 Å². The predicted molar refractivity (Wildman–Crippen MR) is 85.0 cm³/mol. The topological polar surface area (TPSA) is 21.3 Å². The fraction of sp³-hybridized carbons (Fsp3) is 0.667. The van der Waals surface area contributed by atoms with Crippen LogP contribution < -0.4 is 5.32 Å². The highest BCUT2D eigenvalue weighted by atomic mass is 16.5. The van der Waals surface area contributed by atoms with Gasteiger partial charge in [-0.25, -0.2) is 0 Å². The van der Waals surface area contributed by atoms with Crippen LogP contribution in [-0.4, -0.2) is 25.3 Å². The number of hydrogen-bond acceptors (Lipinski definition) is 2. The Kier molecular flexibility index (Phi) is 5.62. The second kappa shape index (κ2) is 7.24. The number of nitrogens with one attached hydrogen (secondary N) is 1. The molecule has 1 fully saturated rings. The van der Waals surface area contributed by atoms with Crippen LogP contribution in [0.15, 0.2) is 30.3 Å². The van der Waals surface area contributed by atoms with E-state index in [0.717, 1.165) is 18.9 Å². The summed E-state index contributed by atoms with van der Waals surface area (Å²) < 4.78 is 6.05. The van der Waals surface area contributed by atoms with E-state index in [1.807, 2.05) is 7.11 Å². The molecule has 0 aliphatic heterocycles. The first kappa shape index (κ1) is 15.5. The molecule has 0 radical (unpaired) electrons. The van der Waals surface area contributed by atoms with Gasteiger partial charge in [0.25, 0.3) is 0 Å². The number of likely N-dealkylation sites (N-methyl/N-ethyl adjacent to an activating group) is 1. The van der Waals surface area contributed by atoms with E-state index in [1.54, 1.807) is 0 Å². The number of rotatable bonds is 6. The van der Waals surface area contributed by atoms with Gasteiger partial charge < -0.3 is 10.1 Å². The van der Waals surface area contributed by atoms with Gasteiger partial charge in [-0.05, 0) is 50.1 Å². The Bertz CT molecular complexity index is 382. The molecule has 1 saturated carbocycles. The van der Waals surface area contributed by atoms with E-state index in [1.165, 1.54) is 31.2 Å². The normalized spacial score (nSPS) is 28.2. The molecular formula is C18H29NO. The van der Waals surface area contributed by atoms with Crippen molar-refractivity contribution in [2.45, 2.75) is 57.6 Å². The molecule has 1 unspecified atom stereocenters. The van der Waals surface area contributed by atoms with Crippen molar-refractivity contribution in [1.82, 2.24) is 5.32 Å². The Hall–Kier alpha value is -0.860. The minimum atomic E-state index is 0.0123. The first-order valence-corrected chi connectivity index (χ1v) is 8.02. The molecule has 20 heavy (non-hydrogen) atoms. The van der Waals surface area contributed by atoms with Gasteiger partial charge in [-0.3, -0.25) is 0 Å². The zero-order valence-electron chi connectivity index (χ0n) is 13.2. The van der Waals surface area contributed by atoms with Crippen molar-refractivity contribution < 1.29 is 4.74 Å². The van der Waals surface area contributed by atoms with Crippen LogP contribution in [0, 0.1) is 5.92 Å². The maximum absolute atomic E-state index is 6.05. The first-order valence-electron chi connectivity index (χ1n) is 8.02. The highest BCUT2D eigenvalue weighted by Crippen LogP contribution is 2.37. The minimum Gasteiger partial charge on any atom is -0.377 e. The average Bonchev–Trinajstić information content (AvgIpc) is 2.49. The van der Waals surface area contributed by atoms with Crippen molar-refractivity contribution in [3.63, 3.8) is 0 Å². The van der Waals surface area contributed by atoms with Gasteiger partial charge in [-0.2, -0.15) is 0 Å². The van der Waals surface area contributed by atoms with Crippen molar-refractivity contribution in [2.24, 2.45) is 5.92 Å². The van der Waals surface area contributed by atoms with Gasteiger partial charge in [-0.15, -0.1) is 0 Å². The quantitative estimate of drug-likeness (QED) is 0.852. The maximum Gasteiger partial charge on any atom is 0.0834 e. The highest BCUT2D eigenvalue weighted by molar-refractivity contribution is 5.17. The summed E-state index contributed by atoms with van der Waals surface area (Å²) in [7, 11) is 1.89. The molecule has 2 heteroatoms. The van der Waals surface area contributed by atoms with Crippen LogP contribution in [0.25, 0.3) is 0 Å². The lowest BCUT2D eigenvalue weighted by Gasteiger charge is -2.44. The van der Waals surface area contributed by atoms with Crippen LogP contribution in [0.4, 0.5) is 0 Å². The lowest BCUT2D eigenvalue weighted by atomic mass is 9.73. The molecule has 0 spiro atoms. The molecule has 112 valence electrons. The highest BCUT2D eigenvalue weighted by Gasteiger charge is 2.40. The summed E-state index contributed by atoms with van der Waals surface area (Å²) in [5, 5.41) is 3.68. The van der Waals surface area contributed by atoms with Crippen LogP contribution in [0.1, 0.15) is 45.1 Å². The molecular weight excluding hydrogens is 246 g/mol. The molecule has 0 saturated heterocycles. The van der Waals surface area contributed by atoms with E-state index in [4.69, 9.17) is 4.74 Å². The Balaban J connectivity index is 2.13. The van der Waals surface area contributed by atoms with Crippen molar-refractivity contribution in [3.05, 3.63) is 35.9 Å². The largest absolute Gasteiger partial charge is 0.377 e. The molecule has 1 aromatic rings. The molecule has 2 nitrogen and oxygen atoms in total. The van der Waals surface area contributed by atoms with Crippen molar-refractivity contribution >= 4 is 0 Å². The smallest absolute Gasteiger partial charge is 0.0834 e. The molecule has 2 rings (SSSR count). The summed E-state index contributed by atoms with van der Waals surface area (Å²) in [5.74, 6) is 0.845. The Morgan fingerprint density at radius 1 is 1.25 bits per heavy atom. The van der Waals surface area contributed by atoms with Crippen molar-refractivity contribution in [2.75, 3.05) is 13.7 Å². The number of hydrogen-bond donors (Lipinski definition) is 1. The summed E-state index contributed by atoms with van der Waals surface area (Å²) in [6.45, 7) is 5.55. The van der Waals surface area contributed by atoms with Crippen LogP contribution in [0.2, 0.25) is 0 Å². The molecule has 1 aliphatic rings. The first-order chi connectivity index (χ1) is 9.70. The fourth-order valence-corrected chi connectivity index (χ4v) is 3.49. The fourth-order valence-electron chi connectivity index (χ4n) is 3.49. The summed E-state index contributed by atoms with van der Waals surface area (Å²) in [6.07, 6.45) is 5.97. The molecule has 0 aromatic heterocycles. The van der Waals surface area contributed by atoms with Gasteiger partial charge >= 0.3 is 0 Å². The van der Waals surface area contributed by atoms with Crippen molar-refractivity contribution in [3.8, 4) is 0 Å². The zero-order chi connectivity index (χ0) is 14.4. The lowest BCUT2D eigenvalue weighted by Crippen LogP contribution is -2.55. The third-order valence-corrected chi connectivity index (χ3v) is 4.90. The second-order valence-corrected chi connectivity index (χ2v) is 6.25. The third kappa shape index (κ3) is 3.62. The SMILES string of the molecule is CCNC(Cc1ccccc1)C1(OC)CCC(C)CC1. The summed E-state index contributed by atoms with van der Waals surface area (Å²) in [5.41, 5.74) is 1.41.